The summed E-state index contributed by atoms with van der Waals surface area (Å²) >= 11 is 0. The van der Waals surface area contributed by atoms with Gasteiger partial charge in [-0.25, -0.2) is 0 Å². The Bertz CT molecular complexity index is 496. The van der Waals surface area contributed by atoms with Crippen molar-refractivity contribution in [3.8, 4) is 0 Å². The van der Waals surface area contributed by atoms with Crippen LogP contribution >= 0.6 is 0 Å². The third kappa shape index (κ3) is 2.97. The fourth-order valence-corrected chi connectivity index (χ4v) is 1.73. The third-order valence-electron chi connectivity index (χ3n) is 2.77. The van der Waals surface area contributed by atoms with Gasteiger partial charge in [0.1, 0.15) is 0 Å². The second kappa shape index (κ2) is 5.49. The van der Waals surface area contributed by atoms with E-state index in [-0.39, 0.29) is 6.04 Å². The molecule has 1 aromatic carbocycles. The van der Waals surface area contributed by atoms with E-state index in [0.717, 1.165) is 11.4 Å². The average molecular weight is 242 g/mol. The van der Waals surface area contributed by atoms with Crippen molar-refractivity contribution in [3.63, 3.8) is 0 Å². The summed E-state index contributed by atoms with van der Waals surface area (Å²) in [4.78, 5) is 10.5. The highest BCUT2D eigenvalue weighted by Gasteiger charge is 2.07. The van der Waals surface area contributed by atoms with Crippen LogP contribution in [0.3, 0.4) is 0 Å². The lowest BCUT2D eigenvalue weighted by Gasteiger charge is -2.17. The molecule has 4 heteroatoms. The van der Waals surface area contributed by atoms with Crippen LogP contribution in [0.4, 0.5) is 11.4 Å². The summed E-state index contributed by atoms with van der Waals surface area (Å²) in [5.41, 5.74) is 3.19. The normalized spacial score (nSPS) is 11.9. The standard InChI is InChI=1S/C14H18N4/c1-11(14-10-15-7-8-16-14)17-12-5-4-6-13(9-12)18(2)3/h4-11,17H,1-3H3. The lowest BCUT2D eigenvalue weighted by atomic mass is 10.2. The van der Waals surface area contributed by atoms with Gasteiger partial charge in [-0.3, -0.25) is 9.97 Å². The molecule has 0 amide bonds. The van der Waals surface area contributed by atoms with Gasteiger partial charge in [0, 0.05) is 37.9 Å². The first-order chi connectivity index (χ1) is 8.66. The first-order valence-corrected chi connectivity index (χ1v) is 5.96. The smallest absolute Gasteiger partial charge is 0.0806 e. The molecule has 0 saturated heterocycles. The number of aromatic nitrogens is 2. The Balaban J connectivity index is 2.12. The van der Waals surface area contributed by atoms with Crippen LogP contribution < -0.4 is 10.2 Å². The minimum atomic E-state index is 0.135. The molecule has 0 aliphatic carbocycles. The molecule has 2 aromatic rings. The van der Waals surface area contributed by atoms with Crippen LogP contribution in [0, 0.1) is 0 Å². The quantitative estimate of drug-likeness (QED) is 0.895. The van der Waals surface area contributed by atoms with E-state index in [1.807, 2.05) is 20.2 Å². The van der Waals surface area contributed by atoms with Crippen LogP contribution in [-0.4, -0.2) is 24.1 Å². The second-order valence-electron chi connectivity index (χ2n) is 4.44. The fraction of sp³-hybridized carbons (Fsp3) is 0.286. The summed E-state index contributed by atoms with van der Waals surface area (Å²) in [6, 6.07) is 8.43. The second-order valence-corrected chi connectivity index (χ2v) is 4.44. The molecule has 18 heavy (non-hydrogen) atoms. The van der Waals surface area contributed by atoms with Crippen molar-refractivity contribution in [2.45, 2.75) is 13.0 Å². The third-order valence-corrected chi connectivity index (χ3v) is 2.77. The van der Waals surface area contributed by atoms with Crippen LogP contribution in [-0.2, 0) is 0 Å². The van der Waals surface area contributed by atoms with Crippen molar-refractivity contribution in [3.05, 3.63) is 48.5 Å². The Labute approximate surface area is 108 Å². The van der Waals surface area contributed by atoms with Gasteiger partial charge in [0.05, 0.1) is 17.9 Å². The molecular weight excluding hydrogens is 224 g/mol. The first-order valence-electron chi connectivity index (χ1n) is 5.96. The Morgan fingerprint density at radius 2 is 2.06 bits per heavy atom. The van der Waals surface area contributed by atoms with E-state index < -0.39 is 0 Å². The fourth-order valence-electron chi connectivity index (χ4n) is 1.73. The first kappa shape index (κ1) is 12.4. The van der Waals surface area contributed by atoms with Crippen molar-refractivity contribution in [1.29, 1.82) is 0 Å². The number of benzene rings is 1. The SMILES string of the molecule is CC(Nc1cccc(N(C)C)c1)c1cnccn1. The molecule has 4 nitrogen and oxygen atoms in total. The number of rotatable bonds is 4. The number of nitrogens with zero attached hydrogens (tertiary/aromatic N) is 3. The highest BCUT2D eigenvalue weighted by Crippen LogP contribution is 2.21. The van der Waals surface area contributed by atoms with E-state index in [9.17, 15) is 0 Å². The Kier molecular flexibility index (Phi) is 3.77. The summed E-state index contributed by atoms with van der Waals surface area (Å²) in [6.07, 6.45) is 5.18. The monoisotopic (exact) mass is 242 g/mol. The Morgan fingerprint density at radius 3 is 2.72 bits per heavy atom. The zero-order valence-electron chi connectivity index (χ0n) is 11.0. The molecule has 0 aliphatic heterocycles. The lowest BCUT2D eigenvalue weighted by molar-refractivity contribution is 0.827. The molecule has 1 N–H and O–H groups in total. The summed E-state index contributed by atoms with van der Waals surface area (Å²) in [6.45, 7) is 2.08. The molecule has 0 spiro atoms. The van der Waals surface area contributed by atoms with E-state index >= 15 is 0 Å². The molecule has 0 aliphatic rings. The number of nitrogens with one attached hydrogen (secondary N) is 1. The maximum Gasteiger partial charge on any atom is 0.0806 e. The summed E-state index contributed by atoms with van der Waals surface area (Å²) < 4.78 is 0. The zero-order chi connectivity index (χ0) is 13.0. The summed E-state index contributed by atoms with van der Waals surface area (Å²) in [7, 11) is 4.07. The molecule has 1 atom stereocenters. The molecule has 1 unspecified atom stereocenters. The van der Waals surface area contributed by atoms with Gasteiger partial charge >= 0.3 is 0 Å². The van der Waals surface area contributed by atoms with Gasteiger partial charge < -0.3 is 10.2 Å². The molecule has 0 fully saturated rings. The van der Waals surface area contributed by atoms with Crippen molar-refractivity contribution in [1.82, 2.24) is 9.97 Å². The Morgan fingerprint density at radius 1 is 1.22 bits per heavy atom. The van der Waals surface area contributed by atoms with Crippen LogP contribution in [0.25, 0.3) is 0 Å². The molecular formula is C14H18N4. The highest BCUT2D eigenvalue weighted by atomic mass is 15.1. The van der Waals surface area contributed by atoms with E-state index in [0.29, 0.717) is 0 Å². The lowest BCUT2D eigenvalue weighted by Crippen LogP contribution is -2.11. The van der Waals surface area contributed by atoms with Gasteiger partial charge in [-0.15, -0.1) is 0 Å². The van der Waals surface area contributed by atoms with E-state index in [4.69, 9.17) is 0 Å². The van der Waals surface area contributed by atoms with Gasteiger partial charge in [0.25, 0.3) is 0 Å². The van der Waals surface area contributed by atoms with Crippen molar-refractivity contribution in [2.24, 2.45) is 0 Å². The van der Waals surface area contributed by atoms with Crippen LogP contribution in [0.2, 0.25) is 0 Å². The molecule has 1 aromatic heterocycles. The van der Waals surface area contributed by atoms with Gasteiger partial charge in [-0.1, -0.05) is 6.07 Å². The maximum atomic E-state index is 4.30. The predicted octanol–water partition coefficient (Wildman–Crippen LogP) is 2.72. The number of anilines is 2. The molecule has 0 radical (unpaired) electrons. The molecule has 0 bridgehead atoms. The number of hydrogen-bond donors (Lipinski definition) is 1. The van der Waals surface area contributed by atoms with Crippen molar-refractivity contribution >= 4 is 11.4 Å². The minimum Gasteiger partial charge on any atom is -0.378 e. The predicted molar refractivity (Wildman–Crippen MR) is 74.8 cm³/mol. The van der Waals surface area contributed by atoms with Crippen LogP contribution in [0.5, 0.6) is 0 Å². The van der Waals surface area contributed by atoms with E-state index in [1.165, 1.54) is 5.69 Å². The largest absolute Gasteiger partial charge is 0.378 e. The van der Waals surface area contributed by atoms with Crippen LogP contribution in [0.15, 0.2) is 42.9 Å². The maximum absolute atomic E-state index is 4.30. The molecule has 94 valence electrons. The zero-order valence-corrected chi connectivity index (χ0v) is 11.0. The van der Waals surface area contributed by atoms with Crippen molar-refractivity contribution in [2.75, 3.05) is 24.3 Å². The summed E-state index contributed by atoms with van der Waals surface area (Å²) in [5, 5.41) is 3.42. The number of hydrogen-bond acceptors (Lipinski definition) is 4. The van der Waals surface area contributed by atoms with E-state index in [1.54, 1.807) is 18.6 Å². The molecule has 0 saturated carbocycles. The Hall–Kier alpha value is -2.10. The van der Waals surface area contributed by atoms with Gasteiger partial charge in [0.2, 0.25) is 0 Å². The highest BCUT2D eigenvalue weighted by molar-refractivity contribution is 5.57. The minimum absolute atomic E-state index is 0.135. The topological polar surface area (TPSA) is 41.0 Å². The van der Waals surface area contributed by atoms with Gasteiger partial charge in [-0.05, 0) is 25.1 Å². The molecule has 1 heterocycles. The van der Waals surface area contributed by atoms with Crippen molar-refractivity contribution < 1.29 is 0 Å². The molecule has 2 rings (SSSR count). The van der Waals surface area contributed by atoms with Gasteiger partial charge in [-0.2, -0.15) is 0 Å². The summed E-state index contributed by atoms with van der Waals surface area (Å²) in [5.74, 6) is 0. The van der Waals surface area contributed by atoms with E-state index in [2.05, 4.69) is 45.3 Å². The average Bonchev–Trinajstić information content (AvgIpc) is 2.40. The van der Waals surface area contributed by atoms with Gasteiger partial charge in [0.15, 0.2) is 0 Å². The van der Waals surface area contributed by atoms with Crippen LogP contribution in [0.1, 0.15) is 18.7 Å².